The summed E-state index contributed by atoms with van der Waals surface area (Å²) in [5.41, 5.74) is 3.29. The fourth-order valence-electron chi connectivity index (χ4n) is 4.93. The van der Waals surface area contributed by atoms with Crippen LogP contribution in [0.25, 0.3) is 0 Å². The highest BCUT2D eigenvalue weighted by atomic mass is 35.5. The van der Waals surface area contributed by atoms with Crippen LogP contribution in [0.4, 0.5) is 0 Å². The number of alkyl halides is 1. The van der Waals surface area contributed by atoms with E-state index in [1.54, 1.807) is 0 Å². The minimum atomic E-state index is -0.576. The maximum absolute atomic E-state index is 13.4. The van der Waals surface area contributed by atoms with Crippen LogP contribution in [0, 0.1) is 12.3 Å². The summed E-state index contributed by atoms with van der Waals surface area (Å²) in [5.74, 6) is 0.524. The Labute approximate surface area is 206 Å². The molecule has 1 fully saturated rings. The van der Waals surface area contributed by atoms with Crippen molar-refractivity contribution in [1.82, 2.24) is 14.7 Å². The number of benzene rings is 1. The molecule has 0 radical (unpaired) electrons. The molecular formula is C26H34ClN3O2S. The van der Waals surface area contributed by atoms with Gasteiger partial charge < -0.3 is 9.80 Å². The average Bonchev–Trinajstić information content (AvgIpc) is 3.15. The maximum atomic E-state index is 13.4. The van der Waals surface area contributed by atoms with Crippen molar-refractivity contribution in [1.29, 1.82) is 0 Å². The summed E-state index contributed by atoms with van der Waals surface area (Å²) in [5, 5.41) is 2.17. The van der Waals surface area contributed by atoms with Crippen molar-refractivity contribution in [2.24, 2.45) is 5.41 Å². The minimum absolute atomic E-state index is 0.0763. The van der Waals surface area contributed by atoms with Gasteiger partial charge in [0, 0.05) is 43.5 Å². The number of aryl methyl sites for hydroxylation is 1. The molecule has 1 saturated heterocycles. The van der Waals surface area contributed by atoms with E-state index >= 15 is 0 Å². The van der Waals surface area contributed by atoms with Crippen molar-refractivity contribution in [2.45, 2.75) is 39.7 Å². The third kappa shape index (κ3) is 5.13. The molecule has 0 unspecified atom stereocenters. The lowest BCUT2D eigenvalue weighted by atomic mass is 9.90. The standard InChI is InChI=1S/C26H34ClN3O2S/c1-19-7-4-5-8-20(19)24-21-10-16-33-22(21)9-13-30(24)17-23(31)28-11-6-12-29(15-14-28)25(32)26(2,3)18-27/h4-5,7-8,10,16,24H,6,9,11-15,17-18H2,1-3H3/t24-/m0/s1. The molecule has 4 rings (SSSR count). The van der Waals surface area contributed by atoms with Gasteiger partial charge in [-0.05, 0) is 61.7 Å². The Morgan fingerprint density at radius 1 is 1.03 bits per heavy atom. The average molecular weight is 488 g/mol. The molecule has 1 aromatic heterocycles. The SMILES string of the molecule is Cc1ccccc1[C@H]1c2ccsc2CCN1CC(=O)N1CCCN(C(=O)C(C)(C)CCl)CC1. The van der Waals surface area contributed by atoms with E-state index in [9.17, 15) is 9.59 Å². The summed E-state index contributed by atoms with van der Waals surface area (Å²) in [6.07, 6.45) is 1.78. The molecule has 178 valence electrons. The summed E-state index contributed by atoms with van der Waals surface area (Å²) in [4.78, 5) is 33.9. The van der Waals surface area contributed by atoms with E-state index in [4.69, 9.17) is 11.6 Å². The second-order valence-corrected chi connectivity index (χ2v) is 11.1. The molecule has 2 aliphatic rings. The summed E-state index contributed by atoms with van der Waals surface area (Å²) in [6, 6.07) is 10.8. The van der Waals surface area contributed by atoms with Gasteiger partial charge in [0.05, 0.1) is 18.0 Å². The van der Waals surface area contributed by atoms with Crippen LogP contribution in [-0.4, -0.2) is 71.7 Å². The maximum Gasteiger partial charge on any atom is 0.236 e. The lowest BCUT2D eigenvalue weighted by Crippen LogP contribution is -2.46. The van der Waals surface area contributed by atoms with Crippen LogP contribution in [0.5, 0.6) is 0 Å². The molecule has 0 N–H and O–H groups in total. The monoisotopic (exact) mass is 487 g/mol. The highest BCUT2D eigenvalue weighted by Crippen LogP contribution is 2.38. The second-order valence-electron chi connectivity index (χ2n) is 9.82. The van der Waals surface area contributed by atoms with Crippen molar-refractivity contribution >= 4 is 34.8 Å². The van der Waals surface area contributed by atoms with E-state index in [-0.39, 0.29) is 17.9 Å². The molecule has 2 aromatic rings. The first-order valence-corrected chi connectivity index (χ1v) is 13.2. The van der Waals surface area contributed by atoms with E-state index in [0.717, 1.165) is 19.4 Å². The molecule has 1 atom stereocenters. The summed E-state index contributed by atoms with van der Waals surface area (Å²) < 4.78 is 0. The normalized spacial score (nSPS) is 19.8. The number of hydrogen-bond donors (Lipinski definition) is 0. The van der Waals surface area contributed by atoms with Crippen LogP contribution in [0.2, 0.25) is 0 Å². The highest BCUT2D eigenvalue weighted by Gasteiger charge is 2.35. The Bertz CT molecular complexity index is 1000. The Hall–Kier alpha value is -1.89. The highest BCUT2D eigenvalue weighted by molar-refractivity contribution is 7.10. The molecule has 2 aliphatic heterocycles. The molecule has 2 amide bonds. The first kappa shape index (κ1) is 24.2. The second kappa shape index (κ2) is 10.2. The topological polar surface area (TPSA) is 43.9 Å². The van der Waals surface area contributed by atoms with Crippen LogP contribution in [-0.2, 0) is 16.0 Å². The van der Waals surface area contributed by atoms with Gasteiger partial charge in [-0.15, -0.1) is 22.9 Å². The van der Waals surface area contributed by atoms with E-state index in [0.29, 0.717) is 38.6 Å². The zero-order valence-corrected chi connectivity index (χ0v) is 21.4. The molecule has 0 spiro atoms. The summed E-state index contributed by atoms with van der Waals surface area (Å²) in [6.45, 7) is 9.71. The van der Waals surface area contributed by atoms with E-state index < -0.39 is 5.41 Å². The Balaban J connectivity index is 1.47. The predicted octanol–water partition coefficient (Wildman–Crippen LogP) is 4.33. The zero-order valence-electron chi connectivity index (χ0n) is 19.8. The molecule has 7 heteroatoms. The minimum Gasteiger partial charge on any atom is -0.340 e. The number of carbonyl (C=O) groups excluding carboxylic acids is 2. The number of fused-ring (bicyclic) bond motifs is 1. The van der Waals surface area contributed by atoms with Crippen LogP contribution < -0.4 is 0 Å². The van der Waals surface area contributed by atoms with Crippen molar-refractivity contribution < 1.29 is 9.59 Å². The summed E-state index contributed by atoms with van der Waals surface area (Å²) in [7, 11) is 0. The van der Waals surface area contributed by atoms with Gasteiger partial charge in [0.25, 0.3) is 0 Å². The van der Waals surface area contributed by atoms with Gasteiger partial charge in [-0.1, -0.05) is 24.3 Å². The van der Waals surface area contributed by atoms with Crippen LogP contribution in [0.15, 0.2) is 35.7 Å². The predicted molar refractivity (Wildman–Crippen MR) is 135 cm³/mol. The number of hydrogen-bond acceptors (Lipinski definition) is 4. The van der Waals surface area contributed by atoms with Crippen molar-refractivity contribution in [3.63, 3.8) is 0 Å². The smallest absolute Gasteiger partial charge is 0.236 e. The van der Waals surface area contributed by atoms with Gasteiger partial charge >= 0.3 is 0 Å². The van der Waals surface area contributed by atoms with Gasteiger partial charge in [-0.25, -0.2) is 0 Å². The fraction of sp³-hybridized carbons (Fsp3) is 0.538. The zero-order chi connectivity index (χ0) is 23.6. The largest absolute Gasteiger partial charge is 0.340 e. The summed E-state index contributed by atoms with van der Waals surface area (Å²) >= 11 is 7.84. The molecule has 3 heterocycles. The van der Waals surface area contributed by atoms with Gasteiger partial charge in [-0.3, -0.25) is 14.5 Å². The molecular weight excluding hydrogens is 454 g/mol. The van der Waals surface area contributed by atoms with Crippen molar-refractivity contribution in [3.05, 3.63) is 57.3 Å². The van der Waals surface area contributed by atoms with Gasteiger partial charge in [0.15, 0.2) is 0 Å². The Morgan fingerprint density at radius 3 is 2.52 bits per heavy atom. The van der Waals surface area contributed by atoms with Gasteiger partial charge in [0.2, 0.25) is 11.8 Å². The van der Waals surface area contributed by atoms with Crippen molar-refractivity contribution in [2.75, 3.05) is 45.1 Å². The number of rotatable bonds is 5. The molecule has 0 saturated carbocycles. The van der Waals surface area contributed by atoms with Crippen molar-refractivity contribution in [3.8, 4) is 0 Å². The van der Waals surface area contributed by atoms with Crippen LogP contribution >= 0.6 is 22.9 Å². The number of carbonyl (C=O) groups is 2. The van der Waals surface area contributed by atoms with E-state index in [1.807, 2.05) is 35.0 Å². The molecule has 5 nitrogen and oxygen atoms in total. The van der Waals surface area contributed by atoms with Crippen LogP contribution in [0.3, 0.4) is 0 Å². The molecule has 0 aliphatic carbocycles. The quantitative estimate of drug-likeness (QED) is 0.589. The number of nitrogens with zero attached hydrogens (tertiary/aromatic N) is 3. The first-order valence-electron chi connectivity index (χ1n) is 11.8. The van der Waals surface area contributed by atoms with E-state index in [2.05, 4.69) is 47.5 Å². The fourth-order valence-corrected chi connectivity index (χ4v) is 5.94. The molecule has 1 aromatic carbocycles. The van der Waals surface area contributed by atoms with Crippen LogP contribution in [0.1, 0.15) is 47.9 Å². The number of thiophene rings is 1. The Kier molecular flexibility index (Phi) is 7.46. The lowest BCUT2D eigenvalue weighted by molar-refractivity contribution is -0.139. The molecule has 33 heavy (non-hydrogen) atoms. The first-order chi connectivity index (χ1) is 15.8. The Morgan fingerprint density at radius 2 is 1.76 bits per heavy atom. The van der Waals surface area contributed by atoms with Gasteiger partial charge in [0.1, 0.15) is 0 Å². The number of amides is 2. The lowest BCUT2D eigenvalue weighted by Gasteiger charge is -2.37. The van der Waals surface area contributed by atoms with E-state index in [1.165, 1.54) is 21.6 Å². The van der Waals surface area contributed by atoms with Gasteiger partial charge in [-0.2, -0.15) is 0 Å². The third-order valence-corrected chi connectivity index (χ3v) is 8.60. The third-order valence-electron chi connectivity index (χ3n) is 6.94. The number of halogens is 1. The molecule has 0 bridgehead atoms.